The van der Waals surface area contributed by atoms with E-state index < -0.39 is 5.56 Å². The van der Waals surface area contributed by atoms with Gasteiger partial charge in [-0.1, -0.05) is 0 Å². The molecule has 2 heterocycles. The highest BCUT2D eigenvalue weighted by molar-refractivity contribution is 5.61. The topological polar surface area (TPSA) is 128 Å². The van der Waals surface area contributed by atoms with Crippen LogP contribution in [0.5, 0.6) is 0 Å². The lowest BCUT2D eigenvalue weighted by Crippen LogP contribution is -2.26. The van der Waals surface area contributed by atoms with Crippen molar-refractivity contribution in [3.8, 4) is 0 Å². The molecule has 6 N–H and O–H groups in total. The normalized spacial score (nSPS) is 23.2. The molecule has 0 spiro atoms. The number of anilines is 3. The Balaban J connectivity index is 2.05. The number of nitrogen functional groups attached to an aromatic ring is 2. The maximum Gasteiger partial charge on any atom is 0.277 e. The lowest BCUT2D eigenvalue weighted by atomic mass is 10.2. The lowest BCUT2D eigenvalue weighted by molar-refractivity contribution is 0.00858. The van der Waals surface area contributed by atoms with Gasteiger partial charge < -0.3 is 26.3 Å². The molecule has 0 bridgehead atoms. The zero-order valence-corrected chi connectivity index (χ0v) is 10.1. The first-order valence-electron chi connectivity index (χ1n) is 5.66. The molecule has 100 valence electrons. The molecule has 0 radical (unpaired) electrons. The summed E-state index contributed by atoms with van der Waals surface area (Å²) in [6.07, 6.45) is 1.49. The molecule has 1 fully saturated rings. The zero-order chi connectivity index (χ0) is 13.1. The highest BCUT2D eigenvalue weighted by Gasteiger charge is 2.26. The molecule has 2 unspecified atom stereocenters. The number of aromatic amines is 1. The molecule has 1 aliphatic heterocycles. The van der Waals surface area contributed by atoms with Gasteiger partial charge in [0.15, 0.2) is 5.82 Å². The standard InChI is InChI=1S/C10H17N5O3/c1-17-4-5-2-3-6(18-5)13-8-7(11)9(16)15-10(12)14-8/h5-6H,2-4,11H2,1H3,(H4,12,13,14,15,16). The molecular formula is C10H17N5O3. The van der Waals surface area contributed by atoms with Crippen LogP contribution in [-0.4, -0.2) is 36.0 Å². The molecule has 1 aliphatic rings. The molecule has 1 aromatic heterocycles. The molecular weight excluding hydrogens is 238 g/mol. The predicted molar refractivity (Wildman–Crippen MR) is 67.1 cm³/mol. The molecule has 8 nitrogen and oxygen atoms in total. The number of hydrogen-bond donors (Lipinski definition) is 4. The number of ether oxygens (including phenoxy) is 2. The van der Waals surface area contributed by atoms with Crippen LogP contribution in [0.15, 0.2) is 4.79 Å². The number of nitrogens with two attached hydrogens (primary N) is 2. The van der Waals surface area contributed by atoms with E-state index in [4.69, 9.17) is 20.9 Å². The summed E-state index contributed by atoms with van der Waals surface area (Å²) in [5, 5.41) is 2.97. The van der Waals surface area contributed by atoms with Crippen molar-refractivity contribution >= 4 is 17.5 Å². The van der Waals surface area contributed by atoms with E-state index in [1.54, 1.807) is 7.11 Å². The molecule has 0 aromatic carbocycles. The number of methoxy groups -OCH3 is 1. The van der Waals surface area contributed by atoms with Crippen molar-refractivity contribution in [1.29, 1.82) is 0 Å². The van der Waals surface area contributed by atoms with E-state index in [2.05, 4.69) is 15.3 Å². The summed E-state index contributed by atoms with van der Waals surface area (Å²) in [4.78, 5) is 17.7. The number of rotatable bonds is 4. The van der Waals surface area contributed by atoms with Crippen LogP contribution in [0.3, 0.4) is 0 Å². The minimum atomic E-state index is -0.462. The van der Waals surface area contributed by atoms with Crippen molar-refractivity contribution in [3.05, 3.63) is 10.4 Å². The van der Waals surface area contributed by atoms with Gasteiger partial charge in [0.25, 0.3) is 5.56 Å². The van der Waals surface area contributed by atoms with Crippen LogP contribution < -0.4 is 22.3 Å². The highest BCUT2D eigenvalue weighted by Crippen LogP contribution is 2.22. The first kappa shape index (κ1) is 12.7. The minimum absolute atomic E-state index is 0.00277. The van der Waals surface area contributed by atoms with Crippen molar-refractivity contribution in [2.24, 2.45) is 0 Å². The average Bonchev–Trinajstić information content (AvgIpc) is 2.73. The van der Waals surface area contributed by atoms with Gasteiger partial charge in [0, 0.05) is 7.11 Å². The zero-order valence-electron chi connectivity index (χ0n) is 10.1. The molecule has 2 atom stereocenters. The Morgan fingerprint density at radius 3 is 3.06 bits per heavy atom. The summed E-state index contributed by atoms with van der Waals surface area (Å²) in [5.41, 5.74) is 10.6. The molecule has 1 aromatic rings. The second-order valence-electron chi connectivity index (χ2n) is 4.14. The van der Waals surface area contributed by atoms with E-state index in [0.717, 1.165) is 12.8 Å². The third-order valence-corrected chi connectivity index (χ3v) is 2.73. The molecule has 2 rings (SSSR count). The van der Waals surface area contributed by atoms with Gasteiger partial charge in [-0.25, -0.2) is 0 Å². The van der Waals surface area contributed by atoms with Gasteiger partial charge >= 0.3 is 0 Å². The van der Waals surface area contributed by atoms with Crippen molar-refractivity contribution in [1.82, 2.24) is 9.97 Å². The van der Waals surface area contributed by atoms with Gasteiger partial charge in [0.1, 0.15) is 11.9 Å². The van der Waals surface area contributed by atoms with Gasteiger partial charge in [-0.15, -0.1) is 0 Å². The Kier molecular flexibility index (Phi) is 3.68. The van der Waals surface area contributed by atoms with Gasteiger partial charge in [-0.05, 0) is 12.8 Å². The summed E-state index contributed by atoms with van der Waals surface area (Å²) in [6, 6.07) is 0. The smallest absolute Gasteiger partial charge is 0.277 e. The summed E-state index contributed by atoms with van der Waals surface area (Å²) in [7, 11) is 1.63. The molecule has 0 aliphatic carbocycles. The van der Waals surface area contributed by atoms with Gasteiger partial charge in [0.2, 0.25) is 5.95 Å². The monoisotopic (exact) mass is 255 g/mol. The predicted octanol–water partition coefficient (Wildman–Crippen LogP) is -0.502. The second-order valence-corrected chi connectivity index (χ2v) is 4.14. The minimum Gasteiger partial charge on any atom is -0.391 e. The lowest BCUT2D eigenvalue weighted by Gasteiger charge is -2.16. The third-order valence-electron chi connectivity index (χ3n) is 2.73. The van der Waals surface area contributed by atoms with E-state index in [9.17, 15) is 4.79 Å². The van der Waals surface area contributed by atoms with Crippen LogP contribution in [-0.2, 0) is 9.47 Å². The maximum atomic E-state index is 11.4. The van der Waals surface area contributed by atoms with Crippen LogP contribution in [0.4, 0.5) is 17.5 Å². The Hall–Kier alpha value is -1.80. The van der Waals surface area contributed by atoms with Gasteiger partial charge in [0.05, 0.1) is 12.7 Å². The summed E-state index contributed by atoms with van der Waals surface area (Å²) in [5.74, 6) is 0.266. The summed E-state index contributed by atoms with van der Waals surface area (Å²) < 4.78 is 10.7. The number of hydrogen-bond acceptors (Lipinski definition) is 7. The van der Waals surface area contributed by atoms with E-state index >= 15 is 0 Å². The SMILES string of the molecule is COCC1CCC(Nc2nc(N)[nH]c(=O)c2N)O1. The van der Waals surface area contributed by atoms with Crippen LogP contribution in [0.2, 0.25) is 0 Å². The fraction of sp³-hybridized carbons (Fsp3) is 0.600. The highest BCUT2D eigenvalue weighted by atomic mass is 16.5. The second kappa shape index (κ2) is 5.23. The van der Waals surface area contributed by atoms with Crippen molar-refractivity contribution < 1.29 is 9.47 Å². The maximum absolute atomic E-state index is 11.4. The van der Waals surface area contributed by atoms with Gasteiger partial charge in [-0.2, -0.15) is 4.98 Å². The van der Waals surface area contributed by atoms with E-state index in [1.807, 2.05) is 0 Å². The Bertz CT molecular complexity index is 475. The Morgan fingerprint density at radius 2 is 2.33 bits per heavy atom. The molecule has 0 amide bonds. The average molecular weight is 255 g/mol. The number of H-pyrrole nitrogens is 1. The van der Waals surface area contributed by atoms with Crippen LogP contribution in [0, 0.1) is 0 Å². The van der Waals surface area contributed by atoms with Crippen molar-refractivity contribution in [3.63, 3.8) is 0 Å². The van der Waals surface area contributed by atoms with Crippen molar-refractivity contribution in [2.45, 2.75) is 25.2 Å². The third kappa shape index (κ3) is 2.71. The van der Waals surface area contributed by atoms with E-state index in [-0.39, 0.29) is 29.8 Å². The van der Waals surface area contributed by atoms with E-state index in [1.165, 1.54) is 0 Å². The molecule has 18 heavy (non-hydrogen) atoms. The molecule has 1 saturated heterocycles. The largest absolute Gasteiger partial charge is 0.391 e. The number of aromatic nitrogens is 2. The van der Waals surface area contributed by atoms with Crippen molar-refractivity contribution in [2.75, 3.05) is 30.5 Å². The fourth-order valence-electron chi connectivity index (χ4n) is 1.88. The summed E-state index contributed by atoms with van der Waals surface area (Å²) in [6.45, 7) is 0.540. The van der Waals surface area contributed by atoms with Crippen LogP contribution in [0.25, 0.3) is 0 Å². The first-order chi connectivity index (χ1) is 8.60. The molecule has 0 saturated carbocycles. The van der Waals surface area contributed by atoms with Crippen LogP contribution >= 0.6 is 0 Å². The quantitative estimate of drug-likeness (QED) is 0.570. The fourth-order valence-corrected chi connectivity index (χ4v) is 1.88. The van der Waals surface area contributed by atoms with Gasteiger partial charge in [-0.3, -0.25) is 9.78 Å². The summed E-state index contributed by atoms with van der Waals surface area (Å²) >= 11 is 0. The van der Waals surface area contributed by atoms with E-state index in [0.29, 0.717) is 6.61 Å². The number of nitrogens with one attached hydrogen (secondary N) is 2. The van der Waals surface area contributed by atoms with Crippen LogP contribution in [0.1, 0.15) is 12.8 Å². The molecule has 8 heteroatoms. The Labute approximate surface area is 104 Å². The Morgan fingerprint density at radius 1 is 1.56 bits per heavy atom. The number of nitrogens with zero attached hydrogens (tertiary/aromatic N) is 1. The first-order valence-corrected chi connectivity index (χ1v) is 5.66.